The van der Waals surface area contributed by atoms with Crippen molar-refractivity contribution in [1.82, 2.24) is 0 Å². The van der Waals surface area contributed by atoms with E-state index in [1.54, 1.807) is 0 Å². The molecule has 0 aliphatic rings. The fourth-order valence-electron chi connectivity index (χ4n) is 1.63. The van der Waals surface area contributed by atoms with Gasteiger partial charge < -0.3 is 16.2 Å². The zero-order valence-corrected chi connectivity index (χ0v) is 12.8. The molecule has 1 rings (SSSR count). The van der Waals surface area contributed by atoms with Crippen LogP contribution in [-0.4, -0.2) is 51.2 Å². The molecule has 0 heterocycles. The Kier molecular flexibility index (Phi) is 5.96. The van der Waals surface area contributed by atoms with Gasteiger partial charge in [-0.25, -0.2) is 8.42 Å². The summed E-state index contributed by atoms with van der Waals surface area (Å²) in [5.41, 5.74) is 5.77. The zero-order valence-electron chi connectivity index (χ0n) is 11.2. The molecule has 0 aliphatic heterocycles. The van der Waals surface area contributed by atoms with Crippen LogP contribution in [0.1, 0.15) is 6.42 Å². The molecule has 10 heteroatoms. The standard InChI is InChI=1S/C11H18N2O6S2/c12-10-3-2-9(8-11(10)21(17,18)19)13-4-1-6-20(15,16)7-5-14/h2-3,8,13-14H,1,4-7,12H2,(H,17,18,19). The summed E-state index contributed by atoms with van der Waals surface area (Å²) in [5, 5.41) is 11.4. The van der Waals surface area contributed by atoms with E-state index in [9.17, 15) is 16.8 Å². The highest BCUT2D eigenvalue weighted by molar-refractivity contribution is 7.91. The van der Waals surface area contributed by atoms with Crippen LogP contribution in [0.15, 0.2) is 23.1 Å². The van der Waals surface area contributed by atoms with Crippen molar-refractivity contribution >= 4 is 31.3 Å². The number of aliphatic hydroxyl groups is 1. The molecule has 0 saturated carbocycles. The Morgan fingerprint density at radius 3 is 2.38 bits per heavy atom. The lowest BCUT2D eigenvalue weighted by molar-refractivity contribution is 0.319. The number of sulfone groups is 1. The molecule has 0 fully saturated rings. The van der Waals surface area contributed by atoms with Gasteiger partial charge in [0.15, 0.2) is 9.84 Å². The molecule has 0 radical (unpaired) electrons. The maximum absolute atomic E-state index is 11.4. The van der Waals surface area contributed by atoms with Crippen molar-refractivity contribution in [3.63, 3.8) is 0 Å². The van der Waals surface area contributed by atoms with Gasteiger partial charge in [-0.15, -0.1) is 0 Å². The fourth-order valence-corrected chi connectivity index (χ4v) is 3.34. The number of nitrogens with one attached hydrogen (secondary N) is 1. The van der Waals surface area contributed by atoms with Gasteiger partial charge in [-0.3, -0.25) is 4.55 Å². The molecule has 0 amide bonds. The number of nitrogens with two attached hydrogens (primary N) is 1. The smallest absolute Gasteiger partial charge is 0.296 e. The molecule has 1 aromatic rings. The second-order valence-corrected chi connectivity index (χ2v) is 8.08. The van der Waals surface area contributed by atoms with Crippen LogP contribution in [0.25, 0.3) is 0 Å². The van der Waals surface area contributed by atoms with Gasteiger partial charge in [0, 0.05) is 12.2 Å². The van der Waals surface area contributed by atoms with Crippen LogP contribution in [0.4, 0.5) is 11.4 Å². The first-order chi connectivity index (χ1) is 9.65. The van der Waals surface area contributed by atoms with Crippen LogP contribution >= 0.6 is 0 Å². The molecule has 0 aliphatic carbocycles. The van der Waals surface area contributed by atoms with Gasteiger partial charge >= 0.3 is 0 Å². The van der Waals surface area contributed by atoms with Crippen LogP contribution in [0.3, 0.4) is 0 Å². The average molecular weight is 338 g/mol. The summed E-state index contributed by atoms with van der Waals surface area (Å²) < 4.78 is 53.9. The first kappa shape index (κ1) is 17.7. The minimum Gasteiger partial charge on any atom is -0.398 e. The third-order valence-corrected chi connectivity index (χ3v) is 5.28. The van der Waals surface area contributed by atoms with Crippen molar-refractivity contribution < 1.29 is 26.5 Å². The SMILES string of the molecule is Nc1ccc(NCCCS(=O)(=O)CCO)cc1S(=O)(=O)O. The minimum absolute atomic E-state index is 0.0754. The highest BCUT2D eigenvalue weighted by Crippen LogP contribution is 2.22. The number of hydrogen-bond acceptors (Lipinski definition) is 7. The number of aliphatic hydroxyl groups excluding tert-OH is 1. The van der Waals surface area contributed by atoms with E-state index >= 15 is 0 Å². The lowest BCUT2D eigenvalue weighted by atomic mass is 10.3. The lowest BCUT2D eigenvalue weighted by Gasteiger charge is -2.09. The second kappa shape index (κ2) is 7.07. The number of hydrogen-bond donors (Lipinski definition) is 4. The van der Waals surface area contributed by atoms with E-state index in [1.807, 2.05) is 0 Å². The number of anilines is 2. The predicted octanol–water partition coefficient (Wildman–Crippen LogP) is -0.275. The van der Waals surface area contributed by atoms with E-state index < -0.39 is 31.5 Å². The van der Waals surface area contributed by atoms with Crippen LogP contribution in [0, 0.1) is 0 Å². The Balaban J connectivity index is 2.62. The summed E-state index contributed by atoms with van der Waals surface area (Å²) in [6, 6.07) is 4.02. The summed E-state index contributed by atoms with van der Waals surface area (Å²) in [6.45, 7) is -0.120. The van der Waals surface area contributed by atoms with Crippen LogP contribution in [0.2, 0.25) is 0 Å². The third-order valence-electron chi connectivity index (χ3n) is 2.66. The average Bonchev–Trinajstić information content (AvgIpc) is 2.35. The lowest BCUT2D eigenvalue weighted by Crippen LogP contribution is -2.16. The van der Waals surface area contributed by atoms with Crippen molar-refractivity contribution in [2.75, 3.05) is 35.7 Å². The molecule has 1 aromatic carbocycles. The van der Waals surface area contributed by atoms with Crippen molar-refractivity contribution in [3.05, 3.63) is 18.2 Å². The minimum atomic E-state index is -4.41. The van der Waals surface area contributed by atoms with Crippen molar-refractivity contribution in [2.45, 2.75) is 11.3 Å². The summed E-state index contributed by atoms with van der Waals surface area (Å²) in [7, 11) is -7.68. The van der Waals surface area contributed by atoms with E-state index in [0.717, 1.165) is 0 Å². The molecule has 0 unspecified atom stereocenters. The number of nitrogen functional groups attached to an aromatic ring is 1. The van der Waals surface area contributed by atoms with Gasteiger partial charge in [-0.05, 0) is 24.6 Å². The van der Waals surface area contributed by atoms with E-state index in [2.05, 4.69) is 5.32 Å². The summed E-state index contributed by atoms with van der Waals surface area (Å²) in [6.07, 6.45) is 0.300. The molecule has 0 aromatic heterocycles. The van der Waals surface area contributed by atoms with Gasteiger partial charge in [0.1, 0.15) is 4.90 Å². The predicted molar refractivity (Wildman–Crippen MR) is 79.5 cm³/mol. The van der Waals surface area contributed by atoms with E-state index in [4.69, 9.17) is 15.4 Å². The van der Waals surface area contributed by atoms with Gasteiger partial charge in [-0.1, -0.05) is 0 Å². The normalized spacial score (nSPS) is 12.3. The Morgan fingerprint density at radius 2 is 1.81 bits per heavy atom. The Hall–Kier alpha value is -1.36. The van der Waals surface area contributed by atoms with Gasteiger partial charge in [0.05, 0.1) is 23.8 Å². The first-order valence-electron chi connectivity index (χ1n) is 6.08. The van der Waals surface area contributed by atoms with Crippen LogP contribution < -0.4 is 11.1 Å². The molecule has 0 spiro atoms. The molecular weight excluding hydrogens is 320 g/mol. The Labute approximate surface area is 123 Å². The summed E-state index contributed by atoms with van der Waals surface area (Å²) in [4.78, 5) is -0.402. The maximum atomic E-state index is 11.4. The number of benzene rings is 1. The zero-order chi connectivity index (χ0) is 16.1. The van der Waals surface area contributed by atoms with Crippen LogP contribution in [-0.2, 0) is 20.0 Å². The van der Waals surface area contributed by atoms with Gasteiger partial charge in [0.2, 0.25) is 0 Å². The van der Waals surface area contributed by atoms with Gasteiger partial charge in [-0.2, -0.15) is 8.42 Å². The van der Waals surface area contributed by atoms with Gasteiger partial charge in [0.25, 0.3) is 10.1 Å². The molecule has 21 heavy (non-hydrogen) atoms. The molecule has 120 valence electrons. The quantitative estimate of drug-likeness (QED) is 0.287. The van der Waals surface area contributed by atoms with E-state index in [1.165, 1.54) is 18.2 Å². The molecule has 0 saturated heterocycles. The van der Waals surface area contributed by atoms with Crippen molar-refractivity contribution in [1.29, 1.82) is 0 Å². The summed E-state index contributed by atoms with van der Waals surface area (Å²) in [5.74, 6) is -0.359. The van der Waals surface area contributed by atoms with Crippen molar-refractivity contribution in [3.8, 4) is 0 Å². The molecule has 8 nitrogen and oxygen atoms in total. The third kappa shape index (κ3) is 5.87. The monoisotopic (exact) mass is 338 g/mol. The number of rotatable bonds is 8. The van der Waals surface area contributed by atoms with Crippen molar-refractivity contribution in [2.24, 2.45) is 0 Å². The first-order valence-corrected chi connectivity index (χ1v) is 9.34. The Morgan fingerprint density at radius 1 is 1.14 bits per heavy atom. The molecule has 5 N–H and O–H groups in total. The fraction of sp³-hybridized carbons (Fsp3) is 0.455. The largest absolute Gasteiger partial charge is 0.398 e. The molecule has 0 bridgehead atoms. The highest BCUT2D eigenvalue weighted by atomic mass is 32.2. The highest BCUT2D eigenvalue weighted by Gasteiger charge is 2.14. The Bertz CT molecular complexity index is 685. The summed E-state index contributed by atoms with van der Waals surface area (Å²) >= 11 is 0. The topological polar surface area (TPSA) is 147 Å². The maximum Gasteiger partial charge on any atom is 0.296 e. The van der Waals surface area contributed by atoms with E-state index in [-0.39, 0.29) is 17.2 Å². The van der Waals surface area contributed by atoms with E-state index in [0.29, 0.717) is 18.7 Å². The molecular formula is C11H18N2O6S2. The molecule has 0 atom stereocenters. The second-order valence-electron chi connectivity index (χ2n) is 4.38. The van der Waals surface area contributed by atoms with Crippen LogP contribution in [0.5, 0.6) is 0 Å².